The Morgan fingerprint density at radius 1 is 1.42 bits per heavy atom. The zero-order valence-electron chi connectivity index (χ0n) is 11.7. The van der Waals surface area contributed by atoms with Gasteiger partial charge in [-0.3, -0.25) is 9.48 Å². The van der Waals surface area contributed by atoms with Crippen LogP contribution in [0.1, 0.15) is 32.3 Å². The lowest BCUT2D eigenvalue weighted by Crippen LogP contribution is -2.53. The van der Waals surface area contributed by atoms with Crippen LogP contribution in [0.4, 0.5) is 0 Å². The van der Waals surface area contributed by atoms with E-state index in [-0.39, 0.29) is 36.3 Å². The summed E-state index contributed by atoms with van der Waals surface area (Å²) in [7, 11) is 1.84. The van der Waals surface area contributed by atoms with Gasteiger partial charge in [0.25, 0.3) is 0 Å². The highest BCUT2D eigenvalue weighted by Crippen LogP contribution is 2.13. The van der Waals surface area contributed by atoms with Gasteiger partial charge in [-0.05, 0) is 18.4 Å². The minimum atomic E-state index is -0.265. The summed E-state index contributed by atoms with van der Waals surface area (Å²) < 4.78 is 1.69. The van der Waals surface area contributed by atoms with Crippen molar-refractivity contribution in [1.29, 1.82) is 0 Å². The highest BCUT2D eigenvalue weighted by atomic mass is 35.5. The molecule has 0 aromatic carbocycles. The third kappa shape index (κ3) is 5.80. The third-order valence-electron chi connectivity index (χ3n) is 3.27. The number of nitrogens with two attached hydrogens (primary N) is 1. The van der Waals surface area contributed by atoms with Gasteiger partial charge < -0.3 is 11.1 Å². The highest BCUT2D eigenvalue weighted by Gasteiger charge is 2.26. The topological polar surface area (TPSA) is 72.9 Å². The number of aryl methyl sites for hydroxylation is 1. The number of aromatic nitrogens is 2. The van der Waals surface area contributed by atoms with Gasteiger partial charge in [-0.1, -0.05) is 13.8 Å². The van der Waals surface area contributed by atoms with Crippen molar-refractivity contribution in [1.82, 2.24) is 15.1 Å². The number of carbonyl (C=O) groups is 1. The second kappa shape index (κ2) is 9.18. The molecular weight excluding hydrogens is 287 g/mol. The summed E-state index contributed by atoms with van der Waals surface area (Å²) in [5.41, 5.74) is 6.40. The molecule has 0 saturated heterocycles. The van der Waals surface area contributed by atoms with Crippen LogP contribution < -0.4 is 11.1 Å². The molecule has 0 aliphatic carbocycles. The molecule has 0 saturated carbocycles. The summed E-state index contributed by atoms with van der Waals surface area (Å²) in [6, 6.07) is 0. The van der Waals surface area contributed by atoms with Crippen molar-refractivity contribution in [3.8, 4) is 0 Å². The lowest BCUT2D eigenvalue weighted by molar-refractivity contribution is -0.122. The second-order valence-corrected chi connectivity index (χ2v) is 4.44. The number of rotatable bonds is 6. The van der Waals surface area contributed by atoms with Crippen LogP contribution in [0.5, 0.6) is 0 Å². The Hall–Kier alpha value is -0.780. The van der Waals surface area contributed by atoms with Crippen LogP contribution >= 0.6 is 24.8 Å². The van der Waals surface area contributed by atoms with Crippen molar-refractivity contribution in [2.45, 2.75) is 38.6 Å². The van der Waals surface area contributed by atoms with E-state index >= 15 is 0 Å². The predicted octanol–water partition coefficient (Wildman–Crippen LogP) is 1.44. The molecule has 0 unspecified atom stereocenters. The average Bonchev–Trinajstić information content (AvgIpc) is 2.72. The molecule has 0 aliphatic rings. The first kappa shape index (κ1) is 20.5. The Bertz CT molecular complexity index is 369. The molecule has 0 radical (unpaired) electrons. The molecule has 1 amide bonds. The van der Waals surface area contributed by atoms with Gasteiger partial charge in [-0.15, -0.1) is 24.8 Å². The van der Waals surface area contributed by atoms with Crippen LogP contribution in [0.25, 0.3) is 0 Å². The van der Waals surface area contributed by atoms with Crippen LogP contribution in [-0.4, -0.2) is 27.8 Å². The van der Waals surface area contributed by atoms with Gasteiger partial charge in [0.05, 0.1) is 18.2 Å². The number of hydrogen-bond acceptors (Lipinski definition) is 3. The van der Waals surface area contributed by atoms with E-state index in [0.29, 0.717) is 13.0 Å². The molecule has 5 nitrogen and oxygen atoms in total. The van der Waals surface area contributed by atoms with Gasteiger partial charge in [0.2, 0.25) is 5.91 Å². The minimum Gasteiger partial charge on any atom is -0.349 e. The lowest BCUT2D eigenvalue weighted by Gasteiger charge is -2.31. The minimum absolute atomic E-state index is 0. The number of halogens is 2. The maximum Gasteiger partial charge on any atom is 0.225 e. The Morgan fingerprint density at radius 3 is 2.37 bits per heavy atom. The highest BCUT2D eigenvalue weighted by molar-refractivity contribution is 5.85. The quantitative estimate of drug-likeness (QED) is 0.835. The summed E-state index contributed by atoms with van der Waals surface area (Å²) in [4.78, 5) is 11.9. The zero-order chi connectivity index (χ0) is 12.9. The maximum atomic E-state index is 11.9. The molecule has 7 heteroatoms. The van der Waals surface area contributed by atoms with E-state index in [4.69, 9.17) is 5.73 Å². The molecule has 1 rings (SSSR count). The monoisotopic (exact) mass is 310 g/mol. The first-order valence-corrected chi connectivity index (χ1v) is 6.04. The predicted molar refractivity (Wildman–Crippen MR) is 81.9 cm³/mol. The molecule has 0 fully saturated rings. The summed E-state index contributed by atoms with van der Waals surface area (Å²) in [5, 5.41) is 7.07. The summed E-state index contributed by atoms with van der Waals surface area (Å²) in [5.74, 6) is 0.00662. The SMILES string of the molecule is CCC(CC)(CN)NC(=O)Cc1cnn(C)c1.Cl.Cl. The molecular formula is C12H24Cl2N4O. The van der Waals surface area contributed by atoms with E-state index in [1.54, 1.807) is 10.9 Å². The van der Waals surface area contributed by atoms with Crippen LogP contribution in [0.3, 0.4) is 0 Å². The fourth-order valence-corrected chi connectivity index (χ4v) is 1.85. The zero-order valence-corrected chi connectivity index (χ0v) is 13.3. The first-order valence-electron chi connectivity index (χ1n) is 6.04. The van der Waals surface area contributed by atoms with Crippen molar-refractivity contribution in [2.24, 2.45) is 12.8 Å². The molecule has 112 valence electrons. The standard InChI is InChI=1S/C12H22N4O.2ClH/c1-4-12(5-2,9-13)15-11(17)6-10-7-14-16(3)8-10;;/h7-8H,4-6,9,13H2,1-3H3,(H,15,17);2*1H. The molecule has 19 heavy (non-hydrogen) atoms. The molecule has 1 heterocycles. The van der Waals surface area contributed by atoms with E-state index in [9.17, 15) is 4.79 Å². The van der Waals surface area contributed by atoms with E-state index in [1.165, 1.54) is 0 Å². The first-order chi connectivity index (χ1) is 8.05. The van der Waals surface area contributed by atoms with Crippen LogP contribution in [0.2, 0.25) is 0 Å². The Labute approximate surface area is 127 Å². The molecule has 0 aliphatic heterocycles. The van der Waals surface area contributed by atoms with Crippen LogP contribution in [-0.2, 0) is 18.3 Å². The number of carbonyl (C=O) groups excluding carboxylic acids is 1. The van der Waals surface area contributed by atoms with Gasteiger partial charge in [0.1, 0.15) is 0 Å². The lowest BCUT2D eigenvalue weighted by atomic mass is 9.92. The van der Waals surface area contributed by atoms with E-state index in [1.807, 2.05) is 27.1 Å². The molecule has 0 spiro atoms. The molecule has 0 bridgehead atoms. The fraction of sp³-hybridized carbons (Fsp3) is 0.667. The number of nitrogens with one attached hydrogen (secondary N) is 1. The summed E-state index contributed by atoms with van der Waals surface area (Å²) in [6.45, 7) is 4.56. The van der Waals surface area contributed by atoms with Gasteiger partial charge >= 0.3 is 0 Å². The molecule has 1 aromatic rings. The number of amides is 1. The number of hydrogen-bond donors (Lipinski definition) is 2. The van der Waals surface area contributed by atoms with Crippen LogP contribution in [0, 0.1) is 0 Å². The van der Waals surface area contributed by atoms with Gasteiger partial charge in [-0.25, -0.2) is 0 Å². The Balaban J connectivity index is 0. The summed E-state index contributed by atoms with van der Waals surface area (Å²) >= 11 is 0. The van der Waals surface area contributed by atoms with Gasteiger partial charge in [-0.2, -0.15) is 5.10 Å². The largest absolute Gasteiger partial charge is 0.349 e. The molecule has 0 atom stereocenters. The van der Waals surface area contributed by atoms with Crippen molar-refractivity contribution in [2.75, 3.05) is 6.54 Å². The van der Waals surface area contributed by atoms with Crippen molar-refractivity contribution < 1.29 is 4.79 Å². The Morgan fingerprint density at radius 2 is 2.00 bits per heavy atom. The summed E-state index contributed by atoms with van der Waals surface area (Å²) in [6.07, 6.45) is 5.61. The molecule has 1 aromatic heterocycles. The smallest absolute Gasteiger partial charge is 0.225 e. The normalized spacial score (nSPS) is 10.3. The maximum absolute atomic E-state index is 11.9. The van der Waals surface area contributed by atoms with Crippen molar-refractivity contribution in [3.05, 3.63) is 18.0 Å². The van der Waals surface area contributed by atoms with E-state index in [0.717, 1.165) is 18.4 Å². The third-order valence-corrected chi connectivity index (χ3v) is 3.27. The number of nitrogens with zero attached hydrogens (tertiary/aromatic N) is 2. The Kier molecular flexibility index (Phi) is 9.92. The fourth-order valence-electron chi connectivity index (χ4n) is 1.85. The van der Waals surface area contributed by atoms with Crippen molar-refractivity contribution >= 4 is 30.7 Å². The second-order valence-electron chi connectivity index (χ2n) is 4.44. The van der Waals surface area contributed by atoms with E-state index in [2.05, 4.69) is 10.4 Å². The van der Waals surface area contributed by atoms with Crippen LogP contribution in [0.15, 0.2) is 12.4 Å². The van der Waals surface area contributed by atoms with E-state index < -0.39 is 0 Å². The molecule has 3 N–H and O–H groups in total. The average molecular weight is 311 g/mol. The van der Waals surface area contributed by atoms with Gasteiger partial charge in [0, 0.05) is 19.8 Å². The van der Waals surface area contributed by atoms with Crippen molar-refractivity contribution in [3.63, 3.8) is 0 Å². The van der Waals surface area contributed by atoms with Gasteiger partial charge in [0.15, 0.2) is 0 Å².